The minimum absolute atomic E-state index is 0.0301. The molecule has 2 rings (SSSR count). The SMILES string of the molecule is CCCCNCc1cc(-c2ccc(C)cc2C)nn(C)c1=O. The Morgan fingerprint density at radius 3 is 2.68 bits per heavy atom. The summed E-state index contributed by atoms with van der Waals surface area (Å²) >= 11 is 0. The van der Waals surface area contributed by atoms with E-state index in [0.29, 0.717) is 6.54 Å². The van der Waals surface area contributed by atoms with Gasteiger partial charge in [-0.25, -0.2) is 4.68 Å². The van der Waals surface area contributed by atoms with Crippen molar-refractivity contribution in [1.82, 2.24) is 15.1 Å². The van der Waals surface area contributed by atoms with Crippen molar-refractivity contribution in [1.29, 1.82) is 0 Å². The van der Waals surface area contributed by atoms with E-state index in [0.717, 1.165) is 36.2 Å². The summed E-state index contributed by atoms with van der Waals surface area (Å²) in [6.07, 6.45) is 2.27. The molecule has 0 amide bonds. The predicted molar refractivity (Wildman–Crippen MR) is 91.0 cm³/mol. The van der Waals surface area contributed by atoms with Gasteiger partial charge in [-0.3, -0.25) is 4.79 Å². The van der Waals surface area contributed by atoms with Crippen molar-refractivity contribution in [3.05, 3.63) is 51.3 Å². The van der Waals surface area contributed by atoms with Crippen LogP contribution in [0.25, 0.3) is 11.3 Å². The van der Waals surface area contributed by atoms with E-state index in [1.54, 1.807) is 7.05 Å². The molecule has 4 heteroatoms. The molecule has 1 N–H and O–H groups in total. The fourth-order valence-corrected chi connectivity index (χ4v) is 2.55. The Labute approximate surface area is 132 Å². The maximum atomic E-state index is 12.2. The van der Waals surface area contributed by atoms with Gasteiger partial charge >= 0.3 is 0 Å². The summed E-state index contributed by atoms with van der Waals surface area (Å²) in [6, 6.07) is 8.21. The zero-order valence-corrected chi connectivity index (χ0v) is 13.9. The average Bonchev–Trinajstić information content (AvgIpc) is 2.47. The van der Waals surface area contributed by atoms with Crippen molar-refractivity contribution < 1.29 is 0 Å². The molecular weight excluding hydrogens is 274 g/mol. The molecule has 0 atom stereocenters. The van der Waals surface area contributed by atoms with Gasteiger partial charge in [0.1, 0.15) is 0 Å². The first kappa shape index (κ1) is 16.4. The largest absolute Gasteiger partial charge is 0.312 e. The van der Waals surface area contributed by atoms with Gasteiger partial charge in [-0.1, -0.05) is 37.1 Å². The highest BCUT2D eigenvalue weighted by atomic mass is 16.1. The van der Waals surface area contributed by atoms with Crippen molar-refractivity contribution in [3.63, 3.8) is 0 Å². The third-order valence-corrected chi connectivity index (χ3v) is 3.82. The topological polar surface area (TPSA) is 46.9 Å². The van der Waals surface area contributed by atoms with Gasteiger partial charge in [0.25, 0.3) is 5.56 Å². The van der Waals surface area contributed by atoms with Crippen LogP contribution >= 0.6 is 0 Å². The van der Waals surface area contributed by atoms with Gasteiger partial charge in [0.2, 0.25) is 0 Å². The quantitative estimate of drug-likeness (QED) is 0.834. The summed E-state index contributed by atoms with van der Waals surface area (Å²) in [5.41, 5.74) is 5.08. The van der Waals surface area contributed by atoms with Gasteiger partial charge in [0, 0.05) is 24.7 Å². The molecule has 118 valence electrons. The Hall–Kier alpha value is -1.94. The molecule has 0 saturated carbocycles. The first-order chi connectivity index (χ1) is 10.5. The zero-order chi connectivity index (χ0) is 16.1. The van der Waals surface area contributed by atoms with Gasteiger partial charge in [0.05, 0.1) is 5.69 Å². The predicted octanol–water partition coefficient (Wildman–Crippen LogP) is 2.95. The lowest BCUT2D eigenvalue weighted by atomic mass is 10.0. The lowest BCUT2D eigenvalue weighted by Crippen LogP contribution is -2.28. The van der Waals surface area contributed by atoms with E-state index in [4.69, 9.17) is 0 Å². The number of aromatic nitrogens is 2. The number of hydrogen-bond acceptors (Lipinski definition) is 3. The van der Waals surface area contributed by atoms with Crippen molar-refractivity contribution in [3.8, 4) is 11.3 Å². The minimum atomic E-state index is -0.0301. The summed E-state index contributed by atoms with van der Waals surface area (Å²) in [6.45, 7) is 7.84. The molecule has 1 aromatic heterocycles. The van der Waals surface area contributed by atoms with Crippen LogP contribution in [0.4, 0.5) is 0 Å². The maximum Gasteiger partial charge on any atom is 0.271 e. The van der Waals surface area contributed by atoms with Crippen molar-refractivity contribution in [2.75, 3.05) is 6.54 Å². The number of hydrogen-bond donors (Lipinski definition) is 1. The van der Waals surface area contributed by atoms with Crippen molar-refractivity contribution >= 4 is 0 Å². The Kier molecular flexibility index (Phi) is 5.50. The number of nitrogens with one attached hydrogen (secondary N) is 1. The van der Waals surface area contributed by atoms with Crippen LogP contribution in [0.5, 0.6) is 0 Å². The number of rotatable bonds is 6. The van der Waals surface area contributed by atoms with Crippen LogP contribution in [-0.2, 0) is 13.6 Å². The molecule has 0 fully saturated rings. The van der Waals surface area contributed by atoms with E-state index in [1.807, 2.05) is 6.07 Å². The Morgan fingerprint density at radius 2 is 2.00 bits per heavy atom. The highest BCUT2D eigenvalue weighted by Crippen LogP contribution is 2.22. The number of aryl methyl sites for hydroxylation is 3. The number of nitrogens with zero attached hydrogens (tertiary/aromatic N) is 2. The van der Waals surface area contributed by atoms with E-state index >= 15 is 0 Å². The fourth-order valence-electron chi connectivity index (χ4n) is 2.55. The van der Waals surface area contributed by atoms with E-state index in [9.17, 15) is 4.79 Å². The molecule has 0 radical (unpaired) electrons. The molecular formula is C18H25N3O. The number of unbranched alkanes of at least 4 members (excludes halogenated alkanes) is 1. The summed E-state index contributed by atoms with van der Waals surface area (Å²) in [5, 5.41) is 7.75. The van der Waals surface area contributed by atoms with Crippen LogP contribution in [-0.4, -0.2) is 16.3 Å². The van der Waals surface area contributed by atoms with E-state index in [1.165, 1.54) is 15.8 Å². The van der Waals surface area contributed by atoms with Crippen LogP contribution in [0.2, 0.25) is 0 Å². The Bertz CT molecular complexity index is 704. The molecule has 0 unspecified atom stereocenters. The second-order valence-corrected chi connectivity index (χ2v) is 5.83. The molecule has 1 heterocycles. The zero-order valence-electron chi connectivity index (χ0n) is 13.9. The third-order valence-electron chi connectivity index (χ3n) is 3.82. The first-order valence-electron chi connectivity index (χ1n) is 7.88. The molecule has 0 bridgehead atoms. The normalized spacial score (nSPS) is 10.9. The molecule has 22 heavy (non-hydrogen) atoms. The van der Waals surface area contributed by atoms with E-state index in [2.05, 4.69) is 49.4 Å². The summed E-state index contributed by atoms with van der Waals surface area (Å²) in [5.74, 6) is 0. The maximum absolute atomic E-state index is 12.2. The second-order valence-electron chi connectivity index (χ2n) is 5.83. The fraction of sp³-hybridized carbons (Fsp3) is 0.444. The summed E-state index contributed by atoms with van der Waals surface area (Å²) in [7, 11) is 1.71. The molecule has 2 aromatic rings. The van der Waals surface area contributed by atoms with Gasteiger partial charge in [-0.05, 0) is 38.4 Å². The van der Waals surface area contributed by atoms with Gasteiger partial charge in [-0.15, -0.1) is 0 Å². The van der Waals surface area contributed by atoms with Gasteiger partial charge in [0.15, 0.2) is 0 Å². The first-order valence-corrected chi connectivity index (χ1v) is 7.88. The standard InChI is InChI=1S/C18H25N3O/c1-5-6-9-19-12-15-11-17(20-21(4)18(15)22)16-8-7-13(2)10-14(16)3/h7-8,10-11,19H,5-6,9,12H2,1-4H3. The van der Waals surface area contributed by atoms with Crippen LogP contribution < -0.4 is 10.9 Å². The Morgan fingerprint density at radius 1 is 1.23 bits per heavy atom. The van der Waals surface area contributed by atoms with Crippen molar-refractivity contribution in [2.24, 2.45) is 7.05 Å². The van der Waals surface area contributed by atoms with Crippen LogP contribution in [0.15, 0.2) is 29.1 Å². The van der Waals surface area contributed by atoms with E-state index < -0.39 is 0 Å². The molecule has 0 saturated heterocycles. The van der Waals surface area contributed by atoms with Gasteiger partial charge in [-0.2, -0.15) is 5.10 Å². The highest BCUT2D eigenvalue weighted by molar-refractivity contribution is 5.64. The van der Waals surface area contributed by atoms with Crippen LogP contribution in [0, 0.1) is 13.8 Å². The monoisotopic (exact) mass is 299 g/mol. The highest BCUT2D eigenvalue weighted by Gasteiger charge is 2.09. The lowest BCUT2D eigenvalue weighted by Gasteiger charge is -2.11. The summed E-state index contributed by atoms with van der Waals surface area (Å²) < 4.78 is 1.44. The van der Waals surface area contributed by atoms with Crippen LogP contribution in [0.3, 0.4) is 0 Å². The molecule has 1 aromatic carbocycles. The minimum Gasteiger partial charge on any atom is -0.312 e. The van der Waals surface area contributed by atoms with Crippen LogP contribution in [0.1, 0.15) is 36.5 Å². The third kappa shape index (κ3) is 3.83. The Balaban J connectivity index is 2.33. The molecule has 0 aliphatic carbocycles. The van der Waals surface area contributed by atoms with E-state index in [-0.39, 0.29) is 5.56 Å². The smallest absolute Gasteiger partial charge is 0.271 e. The second kappa shape index (κ2) is 7.36. The van der Waals surface area contributed by atoms with Gasteiger partial charge < -0.3 is 5.32 Å². The molecule has 0 aliphatic heterocycles. The average molecular weight is 299 g/mol. The number of benzene rings is 1. The lowest BCUT2D eigenvalue weighted by molar-refractivity contribution is 0.623. The summed E-state index contributed by atoms with van der Waals surface area (Å²) in [4.78, 5) is 12.2. The molecule has 0 spiro atoms. The molecule has 0 aliphatic rings. The van der Waals surface area contributed by atoms with Crippen molar-refractivity contribution in [2.45, 2.75) is 40.2 Å². The molecule has 4 nitrogen and oxygen atoms in total.